The highest BCUT2D eigenvalue weighted by molar-refractivity contribution is 7.99. The van der Waals surface area contributed by atoms with E-state index in [1.54, 1.807) is 38.1 Å². The molecule has 0 spiro atoms. The van der Waals surface area contributed by atoms with Gasteiger partial charge in [-0.05, 0) is 115 Å². The minimum atomic E-state index is -0.299. The number of nitrogens with zero attached hydrogens (tertiary/aromatic N) is 3. The number of carbonyl (C=O) groups excluding carboxylic acids is 16. The van der Waals surface area contributed by atoms with E-state index in [0.29, 0.717) is 104 Å². The summed E-state index contributed by atoms with van der Waals surface area (Å²) in [5.41, 5.74) is 1.42. The summed E-state index contributed by atoms with van der Waals surface area (Å²) in [4.78, 5) is 190. The summed E-state index contributed by atoms with van der Waals surface area (Å²) in [6.45, 7) is 55.9. The summed E-state index contributed by atoms with van der Waals surface area (Å²) >= 11 is 1.93. The molecule has 1 aliphatic carbocycles. The molecule has 1 aromatic rings. The Balaban J connectivity index is 0. The second-order valence-electron chi connectivity index (χ2n) is 35.8. The molecule has 8 amide bonds. The summed E-state index contributed by atoms with van der Waals surface area (Å²) in [5.74, 6) is 3.48. The van der Waals surface area contributed by atoms with Crippen molar-refractivity contribution < 1.29 is 81.4 Å². The van der Waals surface area contributed by atoms with Gasteiger partial charge in [0.25, 0.3) is 0 Å². The first-order valence-electron chi connectivity index (χ1n) is 42.4. The van der Waals surface area contributed by atoms with Gasteiger partial charge < -0.3 is 15.4 Å². The van der Waals surface area contributed by atoms with Crippen LogP contribution in [0.3, 0.4) is 0 Å². The van der Waals surface area contributed by atoms with Gasteiger partial charge in [-0.1, -0.05) is 194 Å². The Morgan fingerprint density at radius 1 is 0.421 bits per heavy atom. The van der Waals surface area contributed by atoms with Gasteiger partial charge in [-0.15, -0.1) is 0 Å². The van der Waals surface area contributed by atoms with Crippen molar-refractivity contribution in [2.24, 2.45) is 107 Å². The molecule has 3 atom stereocenters. The molecule has 0 radical (unpaired) electrons. The number of ether oxygens (including phenoxy) is 1. The summed E-state index contributed by atoms with van der Waals surface area (Å²) < 4.78 is 5.35. The molecule has 4 aliphatic rings. The maximum absolute atomic E-state index is 12.3. The normalized spacial score (nSPS) is 17.5. The third kappa shape index (κ3) is 45.7. The molecule has 0 aromatic heterocycles. The SMILES string of the molecule is CC(C)C(=O)C1CCC(CN2C(=O)CC(C(C)C)C2=O)CC1.CC(C)C(=O)CCOCCCC(=O)CN1C(=O)CC(C(C)C)C1=O.CC(C)C(=O)CN1C(=O)CC(C(C)C)C1=O.CC(C)CC(=O)C(C)C.CC(C)CC(=O)NCC(=O)C(C)C.CC(C)CC(=O)Nc1ccc(C(=O)C(C)C)cc1.CC(C)SCCCC(=O)C(C)C. The van der Waals surface area contributed by atoms with Gasteiger partial charge in [-0.2, -0.15) is 11.8 Å². The Morgan fingerprint density at radius 2 is 0.833 bits per heavy atom. The highest BCUT2D eigenvalue weighted by Crippen LogP contribution is 2.35. The zero-order valence-corrected chi connectivity index (χ0v) is 76.3. The van der Waals surface area contributed by atoms with Crippen LogP contribution >= 0.6 is 11.8 Å². The predicted molar refractivity (Wildman–Crippen MR) is 456 cm³/mol. The fourth-order valence-corrected chi connectivity index (χ4v) is 12.8. The summed E-state index contributed by atoms with van der Waals surface area (Å²) in [6, 6.07) is 7.06. The van der Waals surface area contributed by atoms with Crippen molar-refractivity contribution in [1.29, 1.82) is 0 Å². The monoisotopic (exact) mass is 1620 g/mol. The van der Waals surface area contributed by atoms with Crippen LogP contribution in [0.4, 0.5) is 5.69 Å². The lowest BCUT2D eigenvalue weighted by Crippen LogP contribution is -2.37. The van der Waals surface area contributed by atoms with Crippen LogP contribution in [0.5, 0.6) is 0 Å². The quantitative estimate of drug-likeness (QED) is 0.0351. The fourth-order valence-electron chi connectivity index (χ4n) is 12.1. The number of hydrogen-bond acceptors (Lipinski definition) is 18. The number of nitrogens with one attached hydrogen (secondary N) is 2. The second-order valence-corrected chi connectivity index (χ2v) is 37.4. The van der Waals surface area contributed by atoms with Crippen LogP contribution in [0, 0.1) is 107 Å². The lowest BCUT2D eigenvalue weighted by molar-refractivity contribution is -0.144. The van der Waals surface area contributed by atoms with Crippen LogP contribution in [-0.4, -0.2) is 159 Å². The van der Waals surface area contributed by atoms with E-state index < -0.39 is 0 Å². The second kappa shape index (κ2) is 57.4. The molecule has 3 unspecified atom stereocenters. The first-order chi connectivity index (χ1) is 52.8. The number of thioether (sulfide) groups is 1. The number of ketones is 8. The number of benzene rings is 1. The van der Waals surface area contributed by atoms with Crippen molar-refractivity contribution >= 4 is 111 Å². The lowest BCUT2D eigenvalue weighted by Gasteiger charge is -2.30. The van der Waals surface area contributed by atoms with Gasteiger partial charge in [0.15, 0.2) is 23.1 Å². The van der Waals surface area contributed by atoms with E-state index in [0.717, 1.165) is 66.2 Å². The Bertz CT molecular complexity index is 3210. The number of imide groups is 3. The standard InChI is InChI=1S/C18H29NO5.C18H29NO3.C15H21NO2.C12H19NO3.C10H19NO2.C10H20OS.C8H16O/c1-12(2)15-10-17(22)19(18(15)23)11-14(20)6-5-8-24-9-7-16(21)13(3)4;1-11(2)15-9-16(20)19(18(15)22)10-13-5-7-14(8-6-13)17(21)12(3)4;1-10(2)9-14(17)16-13-7-5-12(6-8-13)15(18)11(3)4;1-7(2)9-5-11(15)13(12(9)16)6-10(14)8(3)4;1-7(2)5-10(13)11-6-9(12)8(3)4;1-8(2)10(11)6-5-7-12-9(3)4;1-6(2)5-8(9)7(3)4/h12-13,15H,5-11H2,1-4H3;11-15H,5-10H2,1-4H3;5-8,10-11H,9H2,1-4H3,(H,16,17);7-9H,5-6H2,1-4H3;7-8H,5-6H2,1-4H3,(H,11,13);8-9H,5-7H2,1-4H3;6-7H,5H2,1-4H3. The van der Waals surface area contributed by atoms with E-state index in [-0.39, 0.29) is 198 Å². The molecular weight excluding hydrogens is 1470 g/mol. The number of amides is 8. The highest BCUT2D eigenvalue weighted by Gasteiger charge is 2.44. The Morgan fingerprint density at radius 3 is 1.22 bits per heavy atom. The summed E-state index contributed by atoms with van der Waals surface area (Å²) in [5, 5.41) is 6.12. The van der Waals surface area contributed by atoms with Gasteiger partial charge in [0.1, 0.15) is 23.1 Å². The first kappa shape index (κ1) is 109. The van der Waals surface area contributed by atoms with Crippen molar-refractivity contribution in [3.8, 4) is 0 Å². The Hall–Kier alpha value is -6.75. The van der Waals surface area contributed by atoms with E-state index in [1.165, 1.54) is 4.90 Å². The van der Waals surface area contributed by atoms with E-state index in [9.17, 15) is 76.7 Å². The smallest absolute Gasteiger partial charge is 0.233 e. The molecule has 5 rings (SSSR count). The summed E-state index contributed by atoms with van der Waals surface area (Å²) in [6.07, 6.45) is 9.26. The fraction of sp³-hybridized carbons (Fsp3) is 0.758. The molecule has 0 bridgehead atoms. The molecule has 1 saturated carbocycles. The zero-order chi connectivity index (χ0) is 88.3. The maximum Gasteiger partial charge on any atom is 0.233 e. The third-order valence-electron chi connectivity index (χ3n) is 19.9. The lowest BCUT2D eigenvalue weighted by atomic mass is 9.77. The van der Waals surface area contributed by atoms with E-state index in [1.807, 2.05) is 164 Å². The van der Waals surface area contributed by atoms with Crippen LogP contribution in [0.25, 0.3) is 0 Å². The van der Waals surface area contributed by atoms with Crippen molar-refractivity contribution in [3.63, 3.8) is 0 Å². The maximum atomic E-state index is 12.3. The molecule has 3 aliphatic heterocycles. The van der Waals surface area contributed by atoms with Crippen LogP contribution in [0.2, 0.25) is 0 Å². The highest BCUT2D eigenvalue weighted by atomic mass is 32.2. The number of Topliss-reactive ketones (excluding diaryl/α,β-unsaturated/α-hetero) is 8. The van der Waals surface area contributed by atoms with Gasteiger partial charge in [0.2, 0.25) is 47.3 Å². The third-order valence-corrected chi connectivity index (χ3v) is 21.1. The predicted octanol–water partition coefficient (Wildman–Crippen LogP) is 16.6. The number of anilines is 1. The van der Waals surface area contributed by atoms with Crippen molar-refractivity contribution in [2.75, 3.05) is 50.5 Å². The molecule has 22 nitrogen and oxygen atoms in total. The minimum Gasteiger partial charge on any atom is -0.381 e. The molecule has 3 heterocycles. The number of likely N-dealkylation sites (tertiary alicyclic amines) is 3. The molecule has 23 heteroatoms. The first-order valence-corrected chi connectivity index (χ1v) is 43.5. The summed E-state index contributed by atoms with van der Waals surface area (Å²) in [7, 11) is 0. The average Bonchev–Trinajstić information content (AvgIpc) is 1.66. The van der Waals surface area contributed by atoms with Gasteiger partial charge in [-0.3, -0.25) is 91.4 Å². The minimum absolute atomic E-state index is 0.000602. The molecule has 3 saturated heterocycles. The van der Waals surface area contributed by atoms with E-state index in [2.05, 4.69) is 38.3 Å². The Labute approximate surface area is 691 Å². The molecule has 1 aromatic carbocycles. The number of rotatable bonds is 39. The van der Waals surface area contributed by atoms with Gasteiger partial charge in [0, 0.05) is 147 Å². The van der Waals surface area contributed by atoms with Gasteiger partial charge in [-0.25, -0.2) is 0 Å². The average molecular weight is 1620 g/mol. The molecule has 114 heavy (non-hydrogen) atoms. The topological polar surface area (TPSA) is 316 Å². The molecular formula is C91H153N5O17S. The van der Waals surface area contributed by atoms with Crippen LogP contribution < -0.4 is 10.6 Å². The van der Waals surface area contributed by atoms with E-state index in [4.69, 9.17) is 4.74 Å². The van der Waals surface area contributed by atoms with Crippen LogP contribution in [-0.2, 0) is 76.7 Å². The molecule has 650 valence electrons. The zero-order valence-electron chi connectivity index (χ0n) is 75.5. The number of carbonyl (C=O) groups is 16. The Kier molecular flexibility index (Phi) is 55.0. The van der Waals surface area contributed by atoms with Crippen molar-refractivity contribution in [1.82, 2.24) is 20.0 Å². The largest absolute Gasteiger partial charge is 0.381 e. The van der Waals surface area contributed by atoms with Crippen LogP contribution in [0.1, 0.15) is 301 Å². The number of hydrogen-bond donors (Lipinski definition) is 2. The van der Waals surface area contributed by atoms with Crippen LogP contribution in [0.15, 0.2) is 24.3 Å². The van der Waals surface area contributed by atoms with Crippen molar-refractivity contribution in [3.05, 3.63) is 29.8 Å². The molecule has 2 N–H and O–H groups in total. The van der Waals surface area contributed by atoms with Gasteiger partial charge in [0.05, 0.1) is 26.2 Å². The molecule has 4 fully saturated rings. The van der Waals surface area contributed by atoms with Gasteiger partial charge >= 0.3 is 0 Å². The van der Waals surface area contributed by atoms with E-state index >= 15 is 0 Å². The van der Waals surface area contributed by atoms with Crippen molar-refractivity contribution in [2.45, 2.75) is 295 Å².